The zero-order valence-corrected chi connectivity index (χ0v) is 13.0. The van der Waals surface area contributed by atoms with Gasteiger partial charge in [-0.05, 0) is 37.8 Å². The van der Waals surface area contributed by atoms with Crippen molar-refractivity contribution in [1.29, 1.82) is 0 Å². The van der Waals surface area contributed by atoms with Crippen molar-refractivity contribution >= 4 is 5.78 Å². The maximum Gasteiger partial charge on any atom is 0.136 e. The normalized spacial score (nSPS) is 20.5. The topological polar surface area (TPSA) is 38.1 Å². The lowest BCUT2D eigenvalue weighted by atomic mass is 9.97. The van der Waals surface area contributed by atoms with E-state index in [1.807, 2.05) is 20.0 Å². The third-order valence-electron chi connectivity index (χ3n) is 4.13. The largest absolute Gasteiger partial charge is 0.303 e. The van der Waals surface area contributed by atoms with E-state index in [-0.39, 0.29) is 5.92 Å². The van der Waals surface area contributed by atoms with Gasteiger partial charge < -0.3 is 4.90 Å². The zero-order chi connectivity index (χ0) is 14.5. The third kappa shape index (κ3) is 4.44. The molecule has 1 aliphatic rings. The average Bonchev–Trinajstić information content (AvgIpc) is 2.81. The van der Waals surface area contributed by atoms with Crippen molar-refractivity contribution in [1.82, 2.24) is 14.7 Å². The first-order valence-corrected chi connectivity index (χ1v) is 7.78. The van der Waals surface area contributed by atoms with E-state index in [0.29, 0.717) is 18.1 Å². The van der Waals surface area contributed by atoms with Crippen LogP contribution in [0.4, 0.5) is 0 Å². The van der Waals surface area contributed by atoms with Crippen molar-refractivity contribution in [3.05, 3.63) is 18.0 Å². The van der Waals surface area contributed by atoms with Gasteiger partial charge in [0.1, 0.15) is 5.78 Å². The SMILES string of the molecule is Cc1cnn(C[C@@H]2CCCN(CCC(=O)C(C)C)C2)c1. The molecule has 0 amide bonds. The van der Waals surface area contributed by atoms with Crippen LogP contribution in [0.2, 0.25) is 0 Å². The predicted molar refractivity (Wildman–Crippen MR) is 80.6 cm³/mol. The van der Waals surface area contributed by atoms with Gasteiger partial charge in [-0.2, -0.15) is 5.10 Å². The van der Waals surface area contributed by atoms with Crippen LogP contribution in [0.5, 0.6) is 0 Å². The number of likely N-dealkylation sites (tertiary alicyclic amines) is 1. The first-order valence-electron chi connectivity index (χ1n) is 7.78. The van der Waals surface area contributed by atoms with Crippen LogP contribution < -0.4 is 0 Å². The quantitative estimate of drug-likeness (QED) is 0.802. The molecule has 0 saturated carbocycles. The van der Waals surface area contributed by atoms with Crippen LogP contribution in [0.3, 0.4) is 0 Å². The number of carbonyl (C=O) groups is 1. The van der Waals surface area contributed by atoms with Crippen LogP contribution in [0.1, 0.15) is 38.7 Å². The maximum absolute atomic E-state index is 11.7. The Morgan fingerprint density at radius 1 is 1.50 bits per heavy atom. The van der Waals surface area contributed by atoms with Gasteiger partial charge >= 0.3 is 0 Å². The first kappa shape index (κ1) is 15.2. The molecular weight excluding hydrogens is 250 g/mol. The minimum atomic E-state index is 0.169. The Morgan fingerprint density at radius 2 is 2.30 bits per heavy atom. The second-order valence-electron chi connectivity index (χ2n) is 6.42. The number of Topliss-reactive ketones (excluding diaryl/α,β-unsaturated/α-hetero) is 1. The summed E-state index contributed by atoms with van der Waals surface area (Å²) in [5.41, 5.74) is 1.22. The molecule has 0 N–H and O–H groups in total. The molecule has 2 rings (SSSR count). The third-order valence-corrected chi connectivity index (χ3v) is 4.13. The number of aromatic nitrogens is 2. The molecule has 1 aromatic heterocycles. The molecule has 2 heterocycles. The summed E-state index contributed by atoms with van der Waals surface area (Å²) in [6, 6.07) is 0. The molecule has 1 aromatic rings. The summed E-state index contributed by atoms with van der Waals surface area (Å²) in [6.45, 7) is 10.2. The van der Waals surface area contributed by atoms with E-state index in [1.54, 1.807) is 0 Å². The van der Waals surface area contributed by atoms with Crippen molar-refractivity contribution < 1.29 is 4.79 Å². The number of rotatable bonds is 6. The Bertz CT molecular complexity index is 439. The molecule has 4 heteroatoms. The van der Waals surface area contributed by atoms with Crippen LogP contribution in [0.25, 0.3) is 0 Å². The van der Waals surface area contributed by atoms with Gasteiger partial charge in [0.25, 0.3) is 0 Å². The Morgan fingerprint density at radius 3 is 2.95 bits per heavy atom. The minimum absolute atomic E-state index is 0.169. The fourth-order valence-electron chi connectivity index (χ4n) is 2.89. The lowest BCUT2D eigenvalue weighted by Crippen LogP contribution is -2.38. The van der Waals surface area contributed by atoms with E-state index in [9.17, 15) is 4.79 Å². The molecule has 1 aliphatic heterocycles. The van der Waals surface area contributed by atoms with E-state index < -0.39 is 0 Å². The summed E-state index contributed by atoms with van der Waals surface area (Å²) in [5.74, 6) is 1.22. The van der Waals surface area contributed by atoms with Gasteiger partial charge in [0.15, 0.2) is 0 Å². The number of ketones is 1. The highest BCUT2D eigenvalue weighted by atomic mass is 16.1. The summed E-state index contributed by atoms with van der Waals surface area (Å²) < 4.78 is 2.06. The zero-order valence-electron chi connectivity index (χ0n) is 13.0. The highest BCUT2D eigenvalue weighted by molar-refractivity contribution is 5.80. The lowest BCUT2D eigenvalue weighted by molar-refractivity contribution is -0.122. The van der Waals surface area contributed by atoms with Gasteiger partial charge in [-0.3, -0.25) is 9.48 Å². The fourth-order valence-corrected chi connectivity index (χ4v) is 2.89. The number of piperidine rings is 1. The van der Waals surface area contributed by atoms with E-state index in [0.717, 1.165) is 26.2 Å². The van der Waals surface area contributed by atoms with Crippen LogP contribution in [0.15, 0.2) is 12.4 Å². The van der Waals surface area contributed by atoms with Gasteiger partial charge in [0, 0.05) is 38.2 Å². The minimum Gasteiger partial charge on any atom is -0.303 e. The molecule has 0 aromatic carbocycles. The second kappa shape index (κ2) is 7.02. The van der Waals surface area contributed by atoms with Gasteiger partial charge in [-0.25, -0.2) is 0 Å². The van der Waals surface area contributed by atoms with Crippen LogP contribution >= 0.6 is 0 Å². The summed E-state index contributed by atoms with van der Waals surface area (Å²) in [7, 11) is 0. The predicted octanol–water partition coefficient (Wildman–Crippen LogP) is 2.52. The number of carbonyl (C=O) groups excluding carboxylic acids is 1. The molecule has 4 nitrogen and oxygen atoms in total. The highest BCUT2D eigenvalue weighted by Gasteiger charge is 2.21. The van der Waals surface area contributed by atoms with E-state index in [4.69, 9.17) is 0 Å². The Balaban J connectivity index is 1.78. The molecular formula is C16H27N3O. The number of aryl methyl sites for hydroxylation is 1. The first-order chi connectivity index (χ1) is 9.54. The number of nitrogens with zero attached hydrogens (tertiary/aromatic N) is 3. The Hall–Kier alpha value is -1.16. The van der Waals surface area contributed by atoms with Crippen LogP contribution in [0, 0.1) is 18.8 Å². The van der Waals surface area contributed by atoms with Crippen molar-refractivity contribution in [2.75, 3.05) is 19.6 Å². The number of hydrogen-bond donors (Lipinski definition) is 0. The molecule has 112 valence electrons. The lowest BCUT2D eigenvalue weighted by Gasteiger charge is -2.32. The molecule has 0 unspecified atom stereocenters. The smallest absolute Gasteiger partial charge is 0.136 e. The van der Waals surface area contributed by atoms with Crippen molar-refractivity contribution in [2.24, 2.45) is 11.8 Å². The molecule has 1 fully saturated rings. The standard InChI is InChI=1S/C16H27N3O/c1-13(2)16(20)6-8-18-7-4-5-15(11-18)12-19-10-14(3)9-17-19/h9-10,13,15H,4-8,11-12H2,1-3H3/t15-/m1/s1. The summed E-state index contributed by atoms with van der Waals surface area (Å²) in [5, 5.41) is 4.38. The Kier molecular flexibility index (Phi) is 5.35. The van der Waals surface area contributed by atoms with Gasteiger partial charge in [0.2, 0.25) is 0 Å². The van der Waals surface area contributed by atoms with Gasteiger partial charge in [-0.1, -0.05) is 13.8 Å². The monoisotopic (exact) mass is 277 g/mol. The second-order valence-corrected chi connectivity index (χ2v) is 6.42. The average molecular weight is 277 g/mol. The van der Waals surface area contributed by atoms with E-state index in [1.165, 1.54) is 18.4 Å². The molecule has 0 radical (unpaired) electrons. The van der Waals surface area contributed by atoms with Crippen molar-refractivity contribution in [3.63, 3.8) is 0 Å². The van der Waals surface area contributed by atoms with Crippen molar-refractivity contribution in [2.45, 2.75) is 46.6 Å². The summed E-state index contributed by atoms with van der Waals surface area (Å²) in [4.78, 5) is 14.2. The number of hydrogen-bond acceptors (Lipinski definition) is 3. The Labute approximate surface area is 122 Å². The molecule has 0 spiro atoms. The summed E-state index contributed by atoms with van der Waals surface area (Å²) >= 11 is 0. The van der Waals surface area contributed by atoms with Crippen LogP contribution in [-0.4, -0.2) is 40.1 Å². The maximum atomic E-state index is 11.7. The van der Waals surface area contributed by atoms with E-state index in [2.05, 4.69) is 27.8 Å². The van der Waals surface area contributed by atoms with Gasteiger partial charge in [0.05, 0.1) is 6.20 Å². The molecule has 20 heavy (non-hydrogen) atoms. The molecule has 0 bridgehead atoms. The van der Waals surface area contributed by atoms with Crippen LogP contribution in [-0.2, 0) is 11.3 Å². The van der Waals surface area contributed by atoms with E-state index >= 15 is 0 Å². The van der Waals surface area contributed by atoms with Gasteiger partial charge in [-0.15, -0.1) is 0 Å². The fraction of sp³-hybridized carbons (Fsp3) is 0.750. The summed E-state index contributed by atoms with van der Waals surface area (Å²) in [6.07, 6.45) is 7.24. The molecule has 1 atom stereocenters. The molecule has 0 aliphatic carbocycles. The highest BCUT2D eigenvalue weighted by Crippen LogP contribution is 2.18. The van der Waals surface area contributed by atoms with Crippen molar-refractivity contribution in [3.8, 4) is 0 Å². The molecule has 1 saturated heterocycles.